The molecule has 196 valence electrons. The number of hydrogen-bond donors (Lipinski definition) is 9. The lowest BCUT2D eigenvalue weighted by Gasteiger charge is -2.27. The largest absolute Gasteiger partial charge is 0.480 e. The SMILES string of the molecule is CC(C)CC(NC(=O)C(CCCN=C(N)N)NC(=O)C(N)C(C)O)C(=O)NC(C(=O)O)C(C)O. The summed E-state index contributed by atoms with van der Waals surface area (Å²) in [6.45, 7) is 6.30. The number of carboxylic acid groups (broad SMARTS) is 1. The second-order valence-corrected chi connectivity index (χ2v) is 8.53. The number of nitrogens with two attached hydrogens (primary N) is 3. The van der Waals surface area contributed by atoms with Crippen LogP contribution in [0.15, 0.2) is 4.99 Å². The molecule has 0 bridgehead atoms. The van der Waals surface area contributed by atoms with E-state index in [0.29, 0.717) is 6.42 Å². The Labute approximate surface area is 198 Å². The number of carbonyl (C=O) groups is 4. The molecule has 3 amide bonds. The van der Waals surface area contributed by atoms with Crippen LogP contribution in [0.25, 0.3) is 0 Å². The molecule has 0 radical (unpaired) electrons. The summed E-state index contributed by atoms with van der Waals surface area (Å²) in [6.07, 6.45) is -2.00. The van der Waals surface area contributed by atoms with E-state index >= 15 is 0 Å². The van der Waals surface area contributed by atoms with Gasteiger partial charge in [-0.05, 0) is 39.0 Å². The van der Waals surface area contributed by atoms with Gasteiger partial charge in [-0.25, -0.2) is 4.79 Å². The normalized spacial score (nSPS) is 16.4. The molecule has 6 atom stereocenters. The van der Waals surface area contributed by atoms with Crippen molar-refractivity contribution in [1.29, 1.82) is 0 Å². The van der Waals surface area contributed by atoms with Gasteiger partial charge in [-0.2, -0.15) is 0 Å². The number of nitrogens with one attached hydrogen (secondary N) is 3. The molecule has 0 aromatic carbocycles. The van der Waals surface area contributed by atoms with E-state index in [0.717, 1.165) is 0 Å². The molecule has 0 fully saturated rings. The Kier molecular flexibility index (Phi) is 13.7. The van der Waals surface area contributed by atoms with Gasteiger partial charge in [0.25, 0.3) is 0 Å². The van der Waals surface area contributed by atoms with Gasteiger partial charge in [-0.3, -0.25) is 19.4 Å². The predicted molar refractivity (Wildman–Crippen MR) is 124 cm³/mol. The van der Waals surface area contributed by atoms with Gasteiger partial charge in [0, 0.05) is 6.54 Å². The van der Waals surface area contributed by atoms with Crippen molar-refractivity contribution in [2.24, 2.45) is 28.1 Å². The van der Waals surface area contributed by atoms with Gasteiger partial charge in [0.15, 0.2) is 12.0 Å². The standard InChI is InChI=1S/C20H39N7O7/c1-9(2)8-13(17(31)27-15(11(4)29)19(33)34)26-16(30)12(6-5-7-24-20(22)23)25-18(32)14(21)10(3)28/h9-15,28-29H,5-8,21H2,1-4H3,(H,25,32)(H,26,30)(H,27,31)(H,33,34)(H4,22,23,24). The van der Waals surface area contributed by atoms with Crippen molar-refractivity contribution >= 4 is 29.7 Å². The number of rotatable bonds is 15. The molecule has 0 rings (SSSR count). The van der Waals surface area contributed by atoms with Crippen LogP contribution in [-0.2, 0) is 19.2 Å². The predicted octanol–water partition coefficient (Wildman–Crippen LogP) is -3.29. The summed E-state index contributed by atoms with van der Waals surface area (Å²) < 4.78 is 0. The van der Waals surface area contributed by atoms with Gasteiger partial charge in [-0.1, -0.05) is 13.8 Å². The first kappa shape index (κ1) is 31.0. The number of aliphatic imine (C=N–C) groups is 1. The van der Waals surface area contributed by atoms with Gasteiger partial charge in [0.2, 0.25) is 17.7 Å². The maximum absolute atomic E-state index is 13.0. The van der Waals surface area contributed by atoms with Crippen LogP contribution in [0.5, 0.6) is 0 Å². The first-order valence-electron chi connectivity index (χ1n) is 11.0. The number of carbonyl (C=O) groups excluding carboxylic acids is 3. The van der Waals surface area contributed by atoms with Gasteiger partial charge >= 0.3 is 5.97 Å². The number of aliphatic carboxylic acids is 1. The minimum Gasteiger partial charge on any atom is -0.480 e. The zero-order chi connectivity index (χ0) is 26.6. The van der Waals surface area contributed by atoms with Crippen molar-refractivity contribution in [3.63, 3.8) is 0 Å². The van der Waals surface area contributed by atoms with Crippen molar-refractivity contribution < 1.29 is 34.5 Å². The van der Waals surface area contributed by atoms with E-state index < -0.39 is 60.1 Å². The van der Waals surface area contributed by atoms with E-state index in [1.807, 2.05) is 0 Å². The second-order valence-electron chi connectivity index (χ2n) is 8.53. The molecule has 0 aliphatic carbocycles. The number of aliphatic hydroxyl groups is 2. The molecule has 0 aliphatic rings. The zero-order valence-corrected chi connectivity index (χ0v) is 20.0. The quantitative estimate of drug-likeness (QED) is 0.0629. The summed E-state index contributed by atoms with van der Waals surface area (Å²) in [7, 11) is 0. The fraction of sp³-hybridized carbons (Fsp3) is 0.750. The Balaban J connectivity index is 5.60. The van der Waals surface area contributed by atoms with Crippen LogP contribution in [0.1, 0.15) is 47.0 Å². The molecule has 14 heteroatoms. The topological polar surface area (TPSA) is 255 Å². The molecular weight excluding hydrogens is 450 g/mol. The summed E-state index contributed by atoms with van der Waals surface area (Å²) >= 11 is 0. The lowest BCUT2D eigenvalue weighted by molar-refractivity contribution is -0.145. The number of carboxylic acids is 1. The molecule has 0 heterocycles. The molecule has 6 unspecified atom stereocenters. The number of hydrogen-bond acceptors (Lipinski definition) is 8. The molecule has 14 nitrogen and oxygen atoms in total. The van der Waals surface area contributed by atoms with E-state index in [1.165, 1.54) is 13.8 Å². The van der Waals surface area contributed by atoms with Crippen molar-refractivity contribution in [1.82, 2.24) is 16.0 Å². The fourth-order valence-electron chi connectivity index (χ4n) is 2.88. The van der Waals surface area contributed by atoms with Gasteiger partial charge in [-0.15, -0.1) is 0 Å². The number of amides is 3. The van der Waals surface area contributed by atoms with Crippen molar-refractivity contribution in [2.75, 3.05) is 6.54 Å². The monoisotopic (exact) mass is 489 g/mol. The van der Waals surface area contributed by atoms with Crippen LogP contribution in [0.3, 0.4) is 0 Å². The third-order valence-corrected chi connectivity index (χ3v) is 4.79. The molecule has 0 spiro atoms. The van der Waals surface area contributed by atoms with Crippen LogP contribution in [-0.4, -0.2) is 87.9 Å². The summed E-state index contributed by atoms with van der Waals surface area (Å²) in [6, 6.07) is -5.14. The maximum atomic E-state index is 13.0. The van der Waals surface area contributed by atoms with E-state index in [4.69, 9.17) is 17.2 Å². The Hall–Kier alpha value is -2.97. The Morgan fingerprint density at radius 1 is 0.853 bits per heavy atom. The van der Waals surface area contributed by atoms with Crippen molar-refractivity contribution in [3.8, 4) is 0 Å². The second kappa shape index (κ2) is 15.0. The van der Waals surface area contributed by atoms with Gasteiger partial charge in [0.05, 0.1) is 12.2 Å². The fourth-order valence-corrected chi connectivity index (χ4v) is 2.88. The molecule has 34 heavy (non-hydrogen) atoms. The molecule has 0 aromatic rings. The van der Waals surface area contributed by atoms with Gasteiger partial charge < -0.3 is 48.5 Å². The smallest absolute Gasteiger partial charge is 0.328 e. The summed E-state index contributed by atoms with van der Waals surface area (Å²) in [5.74, 6) is -3.94. The average Bonchev–Trinajstić information content (AvgIpc) is 2.71. The summed E-state index contributed by atoms with van der Waals surface area (Å²) in [4.78, 5) is 53.2. The summed E-state index contributed by atoms with van der Waals surface area (Å²) in [5, 5.41) is 35.6. The third kappa shape index (κ3) is 11.8. The van der Waals surface area contributed by atoms with Crippen LogP contribution >= 0.6 is 0 Å². The van der Waals surface area contributed by atoms with Crippen LogP contribution < -0.4 is 33.2 Å². The highest BCUT2D eigenvalue weighted by molar-refractivity contribution is 5.94. The Bertz CT molecular complexity index is 724. The van der Waals surface area contributed by atoms with Crippen molar-refractivity contribution in [3.05, 3.63) is 0 Å². The minimum atomic E-state index is -1.57. The van der Waals surface area contributed by atoms with E-state index in [1.54, 1.807) is 13.8 Å². The van der Waals surface area contributed by atoms with Gasteiger partial charge in [0.1, 0.15) is 18.1 Å². The first-order valence-corrected chi connectivity index (χ1v) is 11.0. The van der Waals surface area contributed by atoms with Crippen LogP contribution in [0.4, 0.5) is 0 Å². The maximum Gasteiger partial charge on any atom is 0.328 e. The summed E-state index contributed by atoms with van der Waals surface area (Å²) in [5.41, 5.74) is 16.2. The molecule has 0 aromatic heterocycles. The lowest BCUT2D eigenvalue weighted by atomic mass is 10.0. The number of guanidine groups is 1. The van der Waals surface area contributed by atoms with Crippen molar-refractivity contribution in [2.45, 2.75) is 83.3 Å². The highest BCUT2D eigenvalue weighted by atomic mass is 16.4. The molecular formula is C20H39N7O7. The molecule has 0 aliphatic heterocycles. The highest BCUT2D eigenvalue weighted by Crippen LogP contribution is 2.08. The molecule has 12 N–H and O–H groups in total. The third-order valence-electron chi connectivity index (χ3n) is 4.79. The van der Waals surface area contributed by atoms with E-state index in [9.17, 15) is 34.5 Å². The Morgan fingerprint density at radius 2 is 1.38 bits per heavy atom. The average molecular weight is 490 g/mol. The highest BCUT2D eigenvalue weighted by Gasteiger charge is 2.32. The minimum absolute atomic E-state index is 0.0653. The van der Waals surface area contributed by atoms with E-state index in [-0.39, 0.29) is 31.3 Å². The first-order chi connectivity index (χ1) is 15.7. The van der Waals surface area contributed by atoms with Crippen LogP contribution in [0, 0.1) is 5.92 Å². The molecule has 0 saturated carbocycles. The number of nitrogens with zero attached hydrogens (tertiary/aromatic N) is 1. The number of aliphatic hydroxyl groups excluding tert-OH is 2. The molecule has 0 saturated heterocycles. The van der Waals surface area contributed by atoms with E-state index in [2.05, 4.69) is 20.9 Å². The zero-order valence-electron chi connectivity index (χ0n) is 20.0. The Morgan fingerprint density at radius 3 is 1.82 bits per heavy atom. The van der Waals surface area contributed by atoms with Crippen LogP contribution in [0.2, 0.25) is 0 Å². The lowest BCUT2D eigenvalue weighted by Crippen LogP contribution is -2.59.